The van der Waals surface area contributed by atoms with Crippen LogP contribution in [0.25, 0.3) is 10.9 Å². The summed E-state index contributed by atoms with van der Waals surface area (Å²) in [4.78, 5) is 3.11. The Labute approximate surface area is 76.4 Å². The lowest BCUT2D eigenvalue weighted by molar-refractivity contribution is 1.15. The third kappa shape index (κ3) is 1.10. The molecule has 1 aromatic carbocycles. The minimum absolute atomic E-state index is 0.806. The molecule has 2 heteroatoms. The van der Waals surface area contributed by atoms with E-state index < -0.39 is 0 Å². The van der Waals surface area contributed by atoms with E-state index in [0.717, 1.165) is 22.3 Å². The molecule has 0 aliphatic heterocycles. The first-order valence-electron chi connectivity index (χ1n) is 4.07. The van der Waals surface area contributed by atoms with Gasteiger partial charge in [0.2, 0.25) is 0 Å². The van der Waals surface area contributed by atoms with Crippen LogP contribution in [0.4, 0.5) is 0 Å². The second-order valence-corrected chi connectivity index (χ2v) is 3.28. The standard InChI is InChI=1S/C10H10ClN/c1-2-7-3-4-10-8(5-7)9(11)6-12-10/h3-6,12H,2H2,1H3. The molecule has 0 aliphatic rings. The lowest BCUT2D eigenvalue weighted by Gasteiger charge is -1.95. The molecule has 0 amide bonds. The van der Waals surface area contributed by atoms with Crippen molar-refractivity contribution in [2.45, 2.75) is 13.3 Å². The summed E-state index contributed by atoms with van der Waals surface area (Å²) in [6.45, 7) is 2.14. The number of fused-ring (bicyclic) bond motifs is 1. The molecule has 2 rings (SSSR count). The molecule has 0 saturated carbocycles. The summed E-state index contributed by atoms with van der Waals surface area (Å²) in [6, 6.07) is 6.32. The number of hydrogen-bond donors (Lipinski definition) is 1. The van der Waals surface area contributed by atoms with Crippen LogP contribution >= 0.6 is 11.6 Å². The Morgan fingerprint density at radius 2 is 2.25 bits per heavy atom. The average molecular weight is 180 g/mol. The summed E-state index contributed by atoms with van der Waals surface area (Å²) in [5, 5.41) is 1.93. The van der Waals surface area contributed by atoms with E-state index in [1.54, 1.807) is 0 Å². The van der Waals surface area contributed by atoms with Gasteiger partial charge >= 0.3 is 0 Å². The van der Waals surface area contributed by atoms with Crippen molar-refractivity contribution < 1.29 is 0 Å². The summed E-state index contributed by atoms with van der Waals surface area (Å²) in [5.41, 5.74) is 2.43. The number of aromatic amines is 1. The summed E-state index contributed by atoms with van der Waals surface area (Å²) >= 11 is 5.97. The molecule has 0 saturated heterocycles. The van der Waals surface area contributed by atoms with Crippen LogP contribution in [-0.2, 0) is 6.42 Å². The first-order valence-corrected chi connectivity index (χ1v) is 4.44. The van der Waals surface area contributed by atoms with Gasteiger partial charge in [-0.05, 0) is 24.1 Å². The number of aromatic nitrogens is 1. The van der Waals surface area contributed by atoms with Crippen LogP contribution in [0.1, 0.15) is 12.5 Å². The Hall–Kier alpha value is -0.950. The van der Waals surface area contributed by atoms with Gasteiger partial charge < -0.3 is 4.98 Å². The Morgan fingerprint density at radius 1 is 1.42 bits per heavy atom. The highest BCUT2D eigenvalue weighted by Crippen LogP contribution is 2.23. The largest absolute Gasteiger partial charge is 0.360 e. The molecule has 0 bridgehead atoms. The van der Waals surface area contributed by atoms with Gasteiger partial charge in [-0.2, -0.15) is 0 Å². The molecule has 62 valence electrons. The first-order chi connectivity index (χ1) is 5.81. The number of H-pyrrole nitrogens is 1. The maximum atomic E-state index is 5.97. The predicted octanol–water partition coefficient (Wildman–Crippen LogP) is 3.38. The molecule has 0 spiro atoms. The summed E-state index contributed by atoms with van der Waals surface area (Å²) < 4.78 is 0. The molecule has 0 radical (unpaired) electrons. The van der Waals surface area contributed by atoms with Gasteiger partial charge in [0.1, 0.15) is 0 Å². The van der Waals surface area contributed by atoms with Crippen LogP contribution in [0.15, 0.2) is 24.4 Å². The molecule has 0 fully saturated rings. The highest BCUT2D eigenvalue weighted by atomic mass is 35.5. The molecule has 0 aliphatic carbocycles. The lowest BCUT2D eigenvalue weighted by atomic mass is 10.1. The number of benzene rings is 1. The van der Waals surface area contributed by atoms with E-state index in [1.165, 1.54) is 5.56 Å². The Kier molecular flexibility index (Phi) is 1.81. The molecule has 0 atom stereocenters. The van der Waals surface area contributed by atoms with Crippen molar-refractivity contribution in [1.29, 1.82) is 0 Å². The quantitative estimate of drug-likeness (QED) is 0.691. The highest BCUT2D eigenvalue weighted by molar-refractivity contribution is 6.35. The van der Waals surface area contributed by atoms with Crippen LogP contribution < -0.4 is 0 Å². The molecule has 0 unspecified atom stereocenters. The van der Waals surface area contributed by atoms with Crippen molar-refractivity contribution in [2.24, 2.45) is 0 Å². The maximum Gasteiger partial charge on any atom is 0.0659 e. The fraction of sp³-hybridized carbons (Fsp3) is 0.200. The number of nitrogens with one attached hydrogen (secondary N) is 1. The van der Waals surface area contributed by atoms with Crippen molar-refractivity contribution in [2.75, 3.05) is 0 Å². The zero-order valence-corrected chi connectivity index (χ0v) is 7.65. The van der Waals surface area contributed by atoms with E-state index in [4.69, 9.17) is 11.6 Å². The fourth-order valence-corrected chi connectivity index (χ4v) is 1.56. The molecule has 1 N–H and O–H groups in total. The van der Waals surface area contributed by atoms with Gasteiger partial charge in [0.15, 0.2) is 0 Å². The third-order valence-corrected chi connectivity index (χ3v) is 2.42. The van der Waals surface area contributed by atoms with E-state index >= 15 is 0 Å². The van der Waals surface area contributed by atoms with Crippen LogP contribution in [0.2, 0.25) is 5.02 Å². The summed E-state index contributed by atoms with van der Waals surface area (Å²) in [7, 11) is 0. The normalized spacial score (nSPS) is 10.8. The fourth-order valence-electron chi connectivity index (χ4n) is 1.35. The van der Waals surface area contributed by atoms with Gasteiger partial charge in [0.25, 0.3) is 0 Å². The minimum atomic E-state index is 0.806. The Balaban J connectivity index is 2.71. The SMILES string of the molecule is CCc1ccc2[nH]cc(Cl)c2c1. The van der Waals surface area contributed by atoms with Crippen molar-refractivity contribution >= 4 is 22.5 Å². The number of hydrogen-bond acceptors (Lipinski definition) is 0. The van der Waals surface area contributed by atoms with Gasteiger partial charge in [-0.15, -0.1) is 0 Å². The molecular weight excluding hydrogens is 170 g/mol. The molecule has 12 heavy (non-hydrogen) atoms. The number of halogens is 1. The monoisotopic (exact) mass is 179 g/mol. The van der Waals surface area contributed by atoms with E-state index in [1.807, 2.05) is 6.20 Å². The second-order valence-electron chi connectivity index (χ2n) is 2.87. The van der Waals surface area contributed by atoms with Gasteiger partial charge in [-0.1, -0.05) is 24.6 Å². The molecule has 1 heterocycles. The van der Waals surface area contributed by atoms with Crippen molar-refractivity contribution in [3.63, 3.8) is 0 Å². The van der Waals surface area contributed by atoms with Gasteiger partial charge in [0.05, 0.1) is 5.02 Å². The van der Waals surface area contributed by atoms with Crippen molar-refractivity contribution in [1.82, 2.24) is 4.98 Å². The number of aryl methyl sites for hydroxylation is 1. The van der Waals surface area contributed by atoms with Crippen LogP contribution in [0.3, 0.4) is 0 Å². The van der Waals surface area contributed by atoms with Crippen LogP contribution in [-0.4, -0.2) is 4.98 Å². The molecule has 1 aromatic heterocycles. The molecular formula is C10H10ClN. The second kappa shape index (κ2) is 2.83. The predicted molar refractivity (Wildman–Crippen MR) is 52.7 cm³/mol. The zero-order chi connectivity index (χ0) is 8.55. The number of rotatable bonds is 1. The lowest BCUT2D eigenvalue weighted by Crippen LogP contribution is -1.77. The molecule has 1 nitrogen and oxygen atoms in total. The van der Waals surface area contributed by atoms with Crippen molar-refractivity contribution in [3.05, 3.63) is 35.0 Å². The Morgan fingerprint density at radius 3 is 3.00 bits per heavy atom. The molecule has 2 aromatic rings. The summed E-state index contributed by atoms with van der Waals surface area (Å²) in [6.07, 6.45) is 2.88. The topological polar surface area (TPSA) is 15.8 Å². The average Bonchev–Trinajstić information content (AvgIpc) is 2.47. The first kappa shape index (κ1) is 7.69. The van der Waals surface area contributed by atoms with Gasteiger partial charge in [-0.3, -0.25) is 0 Å². The van der Waals surface area contributed by atoms with Gasteiger partial charge in [0, 0.05) is 17.1 Å². The van der Waals surface area contributed by atoms with E-state index in [9.17, 15) is 0 Å². The van der Waals surface area contributed by atoms with Crippen LogP contribution in [0, 0.1) is 0 Å². The summed E-state index contributed by atoms with van der Waals surface area (Å²) in [5.74, 6) is 0. The van der Waals surface area contributed by atoms with Crippen LogP contribution in [0.5, 0.6) is 0 Å². The van der Waals surface area contributed by atoms with E-state index in [0.29, 0.717) is 0 Å². The smallest absolute Gasteiger partial charge is 0.0659 e. The maximum absolute atomic E-state index is 5.97. The van der Waals surface area contributed by atoms with E-state index in [-0.39, 0.29) is 0 Å². The van der Waals surface area contributed by atoms with Crippen molar-refractivity contribution in [3.8, 4) is 0 Å². The van der Waals surface area contributed by atoms with E-state index in [2.05, 4.69) is 30.1 Å². The zero-order valence-electron chi connectivity index (χ0n) is 6.89. The third-order valence-electron chi connectivity index (χ3n) is 2.10. The minimum Gasteiger partial charge on any atom is -0.360 e. The highest BCUT2D eigenvalue weighted by Gasteiger charge is 2.00. The van der Waals surface area contributed by atoms with Gasteiger partial charge in [-0.25, -0.2) is 0 Å². The Bertz CT molecular complexity index is 403.